The zero-order chi connectivity index (χ0) is 27.3. The first-order valence-electron chi connectivity index (χ1n) is 11.8. The highest BCUT2D eigenvalue weighted by atomic mass is 32.2. The van der Waals surface area contributed by atoms with Gasteiger partial charge in [0, 0.05) is 16.1 Å². The monoisotopic (exact) mass is 557 g/mol. The zero-order valence-corrected chi connectivity index (χ0v) is 22.5. The number of carbonyl (C=O) groups excluding carboxylic acids is 3. The summed E-state index contributed by atoms with van der Waals surface area (Å²) >= 11 is 1.33. The average Bonchev–Trinajstić information content (AvgIpc) is 3.08. The number of aryl methyl sites for hydroxylation is 1. The first-order chi connectivity index (χ1) is 18.2. The number of nitrogens with one attached hydrogen (secondary N) is 3. The van der Waals surface area contributed by atoms with Gasteiger partial charge in [-0.1, -0.05) is 6.42 Å². The molecule has 0 radical (unpaired) electrons. The van der Waals surface area contributed by atoms with Crippen LogP contribution in [0.25, 0.3) is 0 Å². The number of imide groups is 1. The van der Waals surface area contributed by atoms with Crippen LogP contribution in [-0.2, 0) is 27.6 Å². The van der Waals surface area contributed by atoms with Gasteiger partial charge in [0.1, 0.15) is 10.8 Å². The Balaban J connectivity index is 1.52. The summed E-state index contributed by atoms with van der Waals surface area (Å²) in [6.07, 6.45) is 3.51. The fourth-order valence-electron chi connectivity index (χ4n) is 4.11. The van der Waals surface area contributed by atoms with Crippen molar-refractivity contribution in [3.05, 3.63) is 70.1 Å². The number of anilines is 2. The number of ether oxygens (including phenoxy) is 2. The Morgan fingerprint density at radius 2 is 1.55 bits per heavy atom. The molecular formula is C26H27N3O7S2. The van der Waals surface area contributed by atoms with E-state index in [0.29, 0.717) is 17.2 Å². The van der Waals surface area contributed by atoms with Gasteiger partial charge < -0.3 is 14.8 Å². The summed E-state index contributed by atoms with van der Waals surface area (Å²) in [6.45, 7) is 0. The molecule has 0 saturated heterocycles. The van der Waals surface area contributed by atoms with Crippen LogP contribution in [0.2, 0.25) is 0 Å². The summed E-state index contributed by atoms with van der Waals surface area (Å²) < 4.78 is 37.4. The molecule has 0 fully saturated rings. The predicted molar refractivity (Wildman–Crippen MR) is 144 cm³/mol. The van der Waals surface area contributed by atoms with Crippen LogP contribution >= 0.6 is 11.3 Å². The summed E-state index contributed by atoms with van der Waals surface area (Å²) in [4.78, 5) is 38.7. The fraction of sp³-hybridized carbons (Fsp3) is 0.269. The molecule has 3 aromatic rings. The Hall–Kier alpha value is -3.90. The van der Waals surface area contributed by atoms with Gasteiger partial charge in [0.2, 0.25) is 0 Å². The molecular weight excluding hydrogens is 530 g/mol. The summed E-state index contributed by atoms with van der Waals surface area (Å²) in [6, 6.07) is 11.9. The first-order valence-corrected chi connectivity index (χ1v) is 14.1. The van der Waals surface area contributed by atoms with Gasteiger partial charge in [-0.05, 0) is 79.8 Å². The van der Waals surface area contributed by atoms with E-state index in [2.05, 4.69) is 20.1 Å². The standard InChI is InChI=1S/C26H27N3O7S2/c1-35-18-12-14-19(15-13-18)38(33,34)29-17-10-8-16(9-11-17)23(30)27-25-22(24(31)28-26(32)36-2)20-6-4-3-5-7-21(20)37-25/h8-15,29H,3-7H2,1-2H3,(H,27,30)(H,28,31,32). The maximum atomic E-state index is 13.0. The molecule has 3 amide bonds. The molecule has 2 aromatic carbocycles. The number of amides is 3. The van der Waals surface area contributed by atoms with Crippen LogP contribution in [0, 0.1) is 0 Å². The second-order valence-electron chi connectivity index (χ2n) is 8.53. The van der Waals surface area contributed by atoms with E-state index in [-0.39, 0.29) is 21.7 Å². The molecule has 10 nitrogen and oxygen atoms in total. The molecule has 0 aliphatic heterocycles. The van der Waals surface area contributed by atoms with Crippen molar-refractivity contribution in [1.82, 2.24) is 5.32 Å². The van der Waals surface area contributed by atoms with Crippen LogP contribution in [0.3, 0.4) is 0 Å². The van der Waals surface area contributed by atoms with E-state index in [4.69, 9.17) is 4.74 Å². The van der Waals surface area contributed by atoms with Crippen LogP contribution in [0.5, 0.6) is 5.75 Å². The van der Waals surface area contributed by atoms with Crippen molar-refractivity contribution < 1.29 is 32.3 Å². The lowest BCUT2D eigenvalue weighted by Gasteiger charge is -2.11. The van der Waals surface area contributed by atoms with Gasteiger partial charge in [-0.15, -0.1) is 11.3 Å². The maximum absolute atomic E-state index is 13.0. The summed E-state index contributed by atoms with van der Waals surface area (Å²) in [5.74, 6) is -0.569. The van der Waals surface area contributed by atoms with Crippen molar-refractivity contribution >= 4 is 50.0 Å². The van der Waals surface area contributed by atoms with E-state index in [1.165, 1.54) is 62.0 Å². The molecule has 38 heavy (non-hydrogen) atoms. The lowest BCUT2D eigenvalue weighted by Crippen LogP contribution is -2.31. The minimum Gasteiger partial charge on any atom is -0.497 e. The summed E-state index contributed by atoms with van der Waals surface area (Å²) in [5.41, 5.74) is 1.65. The highest BCUT2D eigenvalue weighted by Gasteiger charge is 2.27. The van der Waals surface area contributed by atoms with E-state index in [1.54, 1.807) is 12.1 Å². The Labute approximate surface area is 224 Å². The third-order valence-corrected chi connectivity index (χ3v) is 8.65. The molecule has 4 rings (SSSR count). The van der Waals surface area contributed by atoms with E-state index in [1.807, 2.05) is 0 Å². The molecule has 0 saturated carbocycles. The minimum absolute atomic E-state index is 0.0651. The number of methoxy groups -OCH3 is 2. The van der Waals surface area contributed by atoms with Crippen LogP contribution in [0.4, 0.5) is 15.5 Å². The van der Waals surface area contributed by atoms with Crippen molar-refractivity contribution in [2.45, 2.75) is 37.0 Å². The average molecular weight is 558 g/mol. The highest BCUT2D eigenvalue weighted by Crippen LogP contribution is 2.38. The maximum Gasteiger partial charge on any atom is 0.413 e. The van der Waals surface area contributed by atoms with E-state index in [9.17, 15) is 22.8 Å². The smallest absolute Gasteiger partial charge is 0.413 e. The van der Waals surface area contributed by atoms with Gasteiger partial charge in [0.05, 0.1) is 24.7 Å². The SMILES string of the molecule is COC(=O)NC(=O)c1c(NC(=O)c2ccc(NS(=O)(=O)c3ccc(OC)cc3)cc2)sc2c1CCCCC2. The number of hydrogen-bond acceptors (Lipinski definition) is 8. The third-order valence-electron chi connectivity index (χ3n) is 6.05. The second kappa shape index (κ2) is 11.7. The number of rotatable bonds is 7. The molecule has 1 aliphatic rings. The van der Waals surface area contributed by atoms with Gasteiger partial charge in [-0.25, -0.2) is 13.2 Å². The normalized spacial score (nSPS) is 13.0. The Kier molecular flexibility index (Phi) is 8.32. The van der Waals surface area contributed by atoms with Crippen molar-refractivity contribution in [2.24, 2.45) is 0 Å². The molecule has 0 spiro atoms. The van der Waals surface area contributed by atoms with Gasteiger partial charge in [0.15, 0.2) is 0 Å². The molecule has 1 heterocycles. The fourth-order valence-corrected chi connectivity index (χ4v) is 6.45. The Morgan fingerprint density at radius 1 is 0.868 bits per heavy atom. The van der Waals surface area contributed by atoms with Gasteiger partial charge in [-0.3, -0.25) is 19.6 Å². The molecule has 0 bridgehead atoms. The number of alkyl carbamates (subject to hydrolysis) is 1. The molecule has 0 unspecified atom stereocenters. The molecule has 1 aliphatic carbocycles. The predicted octanol–water partition coefficient (Wildman–Crippen LogP) is 4.57. The van der Waals surface area contributed by atoms with Crippen LogP contribution in [0.15, 0.2) is 53.4 Å². The van der Waals surface area contributed by atoms with Gasteiger partial charge in [0.25, 0.3) is 21.8 Å². The lowest BCUT2D eigenvalue weighted by molar-refractivity contribution is 0.0937. The van der Waals surface area contributed by atoms with Gasteiger partial charge >= 0.3 is 6.09 Å². The number of sulfonamides is 1. The van der Waals surface area contributed by atoms with E-state index >= 15 is 0 Å². The van der Waals surface area contributed by atoms with Crippen molar-refractivity contribution in [3.63, 3.8) is 0 Å². The third kappa shape index (κ3) is 6.14. The summed E-state index contributed by atoms with van der Waals surface area (Å²) in [5, 5.41) is 5.34. The van der Waals surface area contributed by atoms with Crippen LogP contribution < -0.4 is 20.1 Å². The Morgan fingerprint density at radius 3 is 2.21 bits per heavy atom. The van der Waals surface area contributed by atoms with Crippen molar-refractivity contribution in [1.29, 1.82) is 0 Å². The number of carbonyl (C=O) groups is 3. The summed E-state index contributed by atoms with van der Waals surface area (Å²) in [7, 11) is -1.18. The van der Waals surface area contributed by atoms with Crippen molar-refractivity contribution in [3.8, 4) is 5.75 Å². The number of fused-ring (bicyclic) bond motifs is 1. The van der Waals surface area contributed by atoms with E-state index in [0.717, 1.165) is 36.1 Å². The zero-order valence-electron chi connectivity index (χ0n) is 20.8. The highest BCUT2D eigenvalue weighted by molar-refractivity contribution is 7.92. The van der Waals surface area contributed by atoms with Crippen LogP contribution in [-0.4, -0.2) is 40.5 Å². The van der Waals surface area contributed by atoms with E-state index < -0.39 is 27.9 Å². The first kappa shape index (κ1) is 27.1. The largest absolute Gasteiger partial charge is 0.497 e. The number of benzene rings is 2. The van der Waals surface area contributed by atoms with Gasteiger partial charge in [-0.2, -0.15) is 0 Å². The molecule has 1 aromatic heterocycles. The number of thiophene rings is 1. The quantitative estimate of drug-likeness (QED) is 0.361. The molecule has 12 heteroatoms. The van der Waals surface area contributed by atoms with Crippen molar-refractivity contribution in [2.75, 3.05) is 24.3 Å². The minimum atomic E-state index is -3.84. The number of hydrogen-bond donors (Lipinski definition) is 3. The molecule has 200 valence electrons. The van der Waals surface area contributed by atoms with Crippen LogP contribution in [0.1, 0.15) is 50.4 Å². The topological polar surface area (TPSA) is 140 Å². The molecule has 0 atom stereocenters. The Bertz CT molecular complexity index is 1450. The second-order valence-corrected chi connectivity index (χ2v) is 11.3. The molecule has 3 N–H and O–H groups in total. The lowest BCUT2D eigenvalue weighted by atomic mass is 10.0.